The molecule has 7 nitrogen and oxygen atoms in total. The van der Waals surface area contributed by atoms with E-state index in [4.69, 9.17) is 9.47 Å². The highest BCUT2D eigenvalue weighted by Crippen LogP contribution is 2.16. The summed E-state index contributed by atoms with van der Waals surface area (Å²) in [4.78, 5) is 11.0. The van der Waals surface area contributed by atoms with Gasteiger partial charge in [0.25, 0.3) is 0 Å². The number of nitrogens with zero attached hydrogens (tertiary/aromatic N) is 3. The molecule has 0 bridgehead atoms. The Balaban J connectivity index is 2.03. The first-order valence-electron chi connectivity index (χ1n) is 8.01. The fourth-order valence-electron chi connectivity index (χ4n) is 2.42. The van der Waals surface area contributed by atoms with E-state index in [9.17, 15) is 5.11 Å². The van der Waals surface area contributed by atoms with Crippen molar-refractivity contribution in [2.75, 3.05) is 40.0 Å². The average molecular weight is 322 g/mol. The summed E-state index contributed by atoms with van der Waals surface area (Å²) in [6, 6.07) is 3.83. The maximum Gasteiger partial charge on any atom is 0.218 e. The van der Waals surface area contributed by atoms with Gasteiger partial charge >= 0.3 is 0 Å². The van der Waals surface area contributed by atoms with Crippen molar-refractivity contribution < 1.29 is 14.6 Å². The Morgan fingerprint density at radius 1 is 1.52 bits per heavy atom. The van der Waals surface area contributed by atoms with Crippen molar-refractivity contribution in [3.8, 4) is 5.88 Å². The first-order chi connectivity index (χ1) is 11.2. The number of ether oxygens (including phenoxy) is 2. The maximum atomic E-state index is 9.70. The van der Waals surface area contributed by atoms with Crippen LogP contribution in [0.25, 0.3) is 0 Å². The van der Waals surface area contributed by atoms with Crippen molar-refractivity contribution in [2.24, 2.45) is 4.99 Å². The number of guanidine groups is 1. The number of aliphatic hydroxyl groups is 1. The summed E-state index contributed by atoms with van der Waals surface area (Å²) in [5.41, 5.74) is 0.929. The number of rotatable bonds is 7. The lowest BCUT2D eigenvalue weighted by atomic mass is 10.3. The molecule has 0 amide bonds. The molecule has 1 aliphatic heterocycles. The molecule has 2 rings (SSSR count). The van der Waals surface area contributed by atoms with E-state index in [0.29, 0.717) is 32.2 Å². The molecule has 7 heteroatoms. The topological polar surface area (TPSA) is 79.2 Å². The van der Waals surface area contributed by atoms with Crippen molar-refractivity contribution in [3.63, 3.8) is 0 Å². The summed E-state index contributed by atoms with van der Waals surface area (Å²) in [7, 11) is 1.64. The molecular weight excluding hydrogens is 296 g/mol. The van der Waals surface area contributed by atoms with Gasteiger partial charge in [-0.25, -0.2) is 9.98 Å². The van der Waals surface area contributed by atoms with E-state index < -0.39 is 0 Å². The molecule has 2 N–H and O–H groups in total. The number of hydrogen-bond acceptors (Lipinski definition) is 5. The van der Waals surface area contributed by atoms with Crippen molar-refractivity contribution in [1.29, 1.82) is 0 Å². The number of likely N-dealkylation sites (tertiary alicyclic amines) is 1. The van der Waals surface area contributed by atoms with Crippen LogP contribution in [-0.4, -0.2) is 67.0 Å². The Kier molecular flexibility index (Phi) is 7.09. The van der Waals surface area contributed by atoms with Crippen LogP contribution in [0.1, 0.15) is 18.9 Å². The molecule has 1 atom stereocenters. The van der Waals surface area contributed by atoms with E-state index in [1.807, 2.05) is 19.1 Å². The quantitative estimate of drug-likeness (QED) is 0.436. The van der Waals surface area contributed by atoms with Crippen molar-refractivity contribution in [2.45, 2.75) is 26.0 Å². The molecule has 1 aromatic heterocycles. The lowest BCUT2D eigenvalue weighted by molar-refractivity contribution is 0.143. The molecule has 1 aromatic rings. The van der Waals surface area contributed by atoms with Crippen LogP contribution in [0.3, 0.4) is 0 Å². The van der Waals surface area contributed by atoms with E-state index in [1.54, 1.807) is 13.3 Å². The summed E-state index contributed by atoms with van der Waals surface area (Å²) in [5.74, 6) is 1.40. The molecule has 0 radical (unpaired) electrons. The number of hydrogen-bond donors (Lipinski definition) is 2. The monoisotopic (exact) mass is 322 g/mol. The Bertz CT molecular complexity index is 510. The first kappa shape index (κ1) is 17.5. The summed E-state index contributed by atoms with van der Waals surface area (Å²) in [5, 5.41) is 13.0. The standard InChI is InChI=1S/C16H26N4O3/c1-3-17-16(20-8-6-14(21)12-20)19-11-13-5-4-7-18-15(13)23-10-9-22-2/h4-5,7,14,21H,3,6,8-12H2,1-2H3,(H,17,19)/t14-/m1/s1. The van der Waals surface area contributed by atoms with Gasteiger partial charge in [0.1, 0.15) is 6.61 Å². The second kappa shape index (κ2) is 9.32. The van der Waals surface area contributed by atoms with Crippen LogP contribution < -0.4 is 10.1 Å². The third-order valence-electron chi connectivity index (χ3n) is 3.57. The smallest absolute Gasteiger partial charge is 0.218 e. The average Bonchev–Trinajstić information content (AvgIpc) is 2.99. The number of aromatic nitrogens is 1. The van der Waals surface area contributed by atoms with Gasteiger partial charge in [-0.15, -0.1) is 0 Å². The molecule has 0 saturated carbocycles. The lowest BCUT2D eigenvalue weighted by Crippen LogP contribution is -2.40. The van der Waals surface area contributed by atoms with Gasteiger partial charge in [-0.05, 0) is 19.4 Å². The minimum Gasteiger partial charge on any atom is -0.475 e. The predicted octanol–water partition coefficient (Wildman–Crippen LogP) is 0.639. The number of pyridine rings is 1. The van der Waals surface area contributed by atoms with E-state index >= 15 is 0 Å². The number of aliphatic hydroxyl groups excluding tert-OH is 1. The zero-order valence-corrected chi connectivity index (χ0v) is 13.9. The number of β-amino-alcohol motifs (C(OH)–C–C–N with tert-alkyl or cyclic N) is 1. The second-order valence-electron chi connectivity index (χ2n) is 5.37. The Morgan fingerprint density at radius 2 is 2.39 bits per heavy atom. The van der Waals surface area contributed by atoms with Gasteiger partial charge in [0.05, 0.1) is 19.3 Å². The molecule has 1 fully saturated rings. The molecule has 0 unspecified atom stereocenters. The molecule has 1 saturated heterocycles. The van der Waals surface area contributed by atoms with Crippen LogP contribution in [0.5, 0.6) is 5.88 Å². The van der Waals surface area contributed by atoms with Gasteiger partial charge in [-0.3, -0.25) is 0 Å². The van der Waals surface area contributed by atoms with Crippen LogP contribution in [0.15, 0.2) is 23.3 Å². The minimum absolute atomic E-state index is 0.273. The molecule has 1 aliphatic rings. The SMILES string of the molecule is CCNC(=NCc1cccnc1OCCOC)N1CC[C@@H](O)C1. The third-order valence-corrected chi connectivity index (χ3v) is 3.57. The van der Waals surface area contributed by atoms with Crippen LogP contribution in [0.2, 0.25) is 0 Å². The minimum atomic E-state index is -0.273. The highest BCUT2D eigenvalue weighted by Gasteiger charge is 2.22. The zero-order valence-electron chi connectivity index (χ0n) is 13.9. The maximum absolute atomic E-state index is 9.70. The fourth-order valence-corrected chi connectivity index (χ4v) is 2.42. The van der Waals surface area contributed by atoms with Crippen LogP contribution in [0, 0.1) is 0 Å². The number of methoxy groups -OCH3 is 1. The highest BCUT2D eigenvalue weighted by atomic mass is 16.5. The van der Waals surface area contributed by atoms with Gasteiger partial charge in [0.2, 0.25) is 5.88 Å². The molecule has 2 heterocycles. The molecule has 0 aromatic carbocycles. The van der Waals surface area contributed by atoms with Gasteiger partial charge in [-0.2, -0.15) is 0 Å². The third kappa shape index (κ3) is 5.37. The van der Waals surface area contributed by atoms with E-state index in [1.165, 1.54) is 0 Å². The van der Waals surface area contributed by atoms with Gasteiger partial charge in [0.15, 0.2) is 5.96 Å². The van der Waals surface area contributed by atoms with Crippen molar-refractivity contribution in [1.82, 2.24) is 15.2 Å². The Hall–Kier alpha value is -1.86. The van der Waals surface area contributed by atoms with E-state index in [-0.39, 0.29) is 6.10 Å². The fraction of sp³-hybridized carbons (Fsp3) is 0.625. The molecule has 23 heavy (non-hydrogen) atoms. The number of aliphatic imine (C=N–C) groups is 1. The highest BCUT2D eigenvalue weighted by molar-refractivity contribution is 5.80. The van der Waals surface area contributed by atoms with Crippen LogP contribution >= 0.6 is 0 Å². The van der Waals surface area contributed by atoms with Gasteiger partial charge < -0.3 is 24.8 Å². The zero-order chi connectivity index (χ0) is 16.5. The summed E-state index contributed by atoms with van der Waals surface area (Å²) < 4.78 is 10.6. The van der Waals surface area contributed by atoms with E-state index in [0.717, 1.165) is 31.0 Å². The molecular formula is C16H26N4O3. The molecule has 128 valence electrons. The van der Waals surface area contributed by atoms with Gasteiger partial charge in [0, 0.05) is 38.5 Å². The van der Waals surface area contributed by atoms with Crippen LogP contribution in [-0.2, 0) is 11.3 Å². The van der Waals surface area contributed by atoms with Crippen molar-refractivity contribution >= 4 is 5.96 Å². The van der Waals surface area contributed by atoms with E-state index in [2.05, 4.69) is 20.2 Å². The largest absolute Gasteiger partial charge is 0.475 e. The lowest BCUT2D eigenvalue weighted by Gasteiger charge is -2.21. The Labute approximate surface area is 137 Å². The second-order valence-corrected chi connectivity index (χ2v) is 5.37. The van der Waals surface area contributed by atoms with Gasteiger partial charge in [-0.1, -0.05) is 6.07 Å². The van der Waals surface area contributed by atoms with Crippen molar-refractivity contribution in [3.05, 3.63) is 23.9 Å². The first-order valence-corrected chi connectivity index (χ1v) is 8.01. The Morgan fingerprint density at radius 3 is 3.09 bits per heavy atom. The summed E-state index contributed by atoms with van der Waals surface area (Å²) in [6.07, 6.45) is 2.21. The number of nitrogens with one attached hydrogen (secondary N) is 1. The van der Waals surface area contributed by atoms with Crippen LogP contribution in [0.4, 0.5) is 0 Å². The summed E-state index contributed by atoms with van der Waals surface area (Å²) >= 11 is 0. The summed E-state index contributed by atoms with van der Waals surface area (Å²) in [6.45, 7) is 5.72. The molecule has 0 spiro atoms. The molecule has 0 aliphatic carbocycles. The predicted molar refractivity (Wildman–Crippen MR) is 88.6 cm³/mol. The normalized spacial score (nSPS) is 18.3.